The normalized spacial score (nSPS) is 14.0. The number of unbranched alkanes of at least 4 members (excludes halogenated alkanes) is 6. The van der Waals surface area contributed by atoms with Gasteiger partial charge in [-0.2, -0.15) is 0 Å². The number of allylic oxidation sites excluding steroid dienone is 2. The quantitative estimate of drug-likeness (QED) is 0.179. The number of aryl methyl sites for hydroxylation is 1. The fourth-order valence-corrected chi connectivity index (χ4v) is 4.83. The molecule has 3 aromatic rings. The van der Waals surface area contributed by atoms with Crippen molar-refractivity contribution < 1.29 is 9.53 Å². The number of carbonyl (C=O) groups is 1. The van der Waals surface area contributed by atoms with E-state index in [1.165, 1.54) is 50.5 Å². The predicted octanol–water partition coefficient (Wildman–Crippen LogP) is 6.96. The Morgan fingerprint density at radius 3 is 2.50 bits per heavy atom. The van der Waals surface area contributed by atoms with E-state index in [1.54, 1.807) is 0 Å². The van der Waals surface area contributed by atoms with Gasteiger partial charge in [-0.3, -0.25) is 0 Å². The minimum absolute atomic E-state index is 0.355. The number of carbonyl (C=O) groups excluding carboxylic acids is 1. The molecule has 1 aliphatic rings. The molecule has 0 unspecified atom stereocenters. The van der Waals surface area contributed by atoms with Gasteiger partial charge >= 0.3 is 5.97 Å². The van der Waals surface area contributed by atoms with Crippen LogP contribution in [0.15, 0.2) is 35.9 Å². The Balaban J connectivity index is 1.51. The first-order valence-electron chi connectivity index (χ1n) is 13.1. The van der Waals surface area contributed by atoms with Gasteiger partial charge < -0.3 is 15.0 Å². The van der Waals surface area contributed by atoms with Gasteiger partial charge in [0.2, 0.25) is 0 Å². The Labute approximate surface area is 202 Å². The Morgan fingerprint density at radius 2 is 1.76 bits per heavy atom. The van der Waals surface area contributed by atoms with Gasteiger partial charge in [-0.25, -0.2) is 14.8 Å². The van der Waals surface area contributed by atoms with Crippen LogP contribution in [0.1, 0.15) is 94.3 Å². The van der Waals surface area contributed by atoms with Crippen LogP contribution < -0.4 is 5.73 Å². The number of ether oxygens (including phenoxy) is 1. The van der Waals surface area contributed by atoms with E-state index >= 15 is 0 Å². The number of hydrogen-bond acceptors (Lipinski definition) is 5. The highest BCUT2D eigenvalue weighted by atomic mass is 16.5. The van der Waals surface area contributed by atoms with Crippen LogP contribution in [0.25, 0.3) is 22.2 Å². The largest absolute Gasteiger partial charge is 0.462 e. The molecule has 0 aliphatic heterocycles. The molecule has 6 nitrogen and oxygen atoms in total. The van der Waals surface area contributed by atoms with E-state index < -0.39 is 5.97 Å². The first kappa shape index (κ1) is 24.2. The monoisotopic (exact) mass is 462 g/mol. The van der Waals surface area contributed by atoms with E-state index in [-0.39, 0.29) is 0 Å². The fourth-order valence-electron chi connectivity index (χ4n) is 4.83. The summed E-state index contributed by atoms with van der Waals surface area (Å²) in [4.78, 5) is 22.7. The van der Waals surface area contributed by atoms with Crippen molar-refractivity contribution in [3.05, 3.63) is 41.5 Å². The molecule has 2 aromatic heterocycles. The zero-order chi connectivity index (χ0) is 23.8. The summed E-state index contributed by atoms with van der Waals surface area (Å²) < 4.78 is 7.61. The average Bonchev–Trinajstić information content (AvgIpc) is 3.13. The molecule has 4 rings (SSSR count). The number of para-hydroxylation sites is 2. The van der Waals surface area contributed by atoms with Crippen LogP contribution in [-0.4, -0.2) is 27.1 Å². The molecule has 0 saturated carbocycles. The average molecular weight is 463 g/mol. The van der Waals surface area contributed by atoms with Crippen LogP contribution >= 0.6 is 0 Å². The van der Waals surface area contributed by atoms with Crippen LogP contribution in [-0.2, 0) is 11.3 Å². The highest BCUT2D eigenvalue weighted by Crippen LogP contribution is 2.30. The summed E-state index contributed by atoms with van der Waals surface area (Å²) >= 11 is 0. The third kappa shape index (κ3) is 5.78. The Bertz CT molecular complexity index is 1150. The van der Waals surface area contributed by atoms with Gasteiger partial charge in [0.25, 0.3) is 0 Å². The summed E-state index contributed by atoms with van der Waals surface area (Å²) in [5, 5.41) is 0. The highest BCUT2D eigenvalue weighted by Gasteiger charge is 2.25. The first-order valence-corrected chi connectivity index (χ1v) is 13.1. The van der Waals surface area contributed by atoms with E-state index in [2.05, 4.69) is 13.0 Å². The zero-order valence-electron chi connectivity index (χ0n) is 20.5. The van der Waals surface area contributed by atoms with Crippen molar-refractivity contribution >= 4 is 34.0 Å². The minimum Gasteiger partial charge on any atom is -0.462 e. The smallest absolute Gasteiger partial charge is 0.344 e. The molecule has 0 fully saturated rings. The summed E-state index contributed by atoms with van der Waals surface area (Å²) in [6.45, 7) is 3.32. The second-order valence-electron chi connectivity index (χ2n) is 9.41. The Morgan fingerprint density at radius 1 is 1.03 bits per heavy atom. The van der Waals surface area contributed by atoms with E-state index in [0.717, 1.165) is 43.1 Å². The molecule has 1 aromatic carbocycles. The van der Waals surface area contributed by atoms with Crippen molar-refractivity contribution in [2.45, 2.75) is 90.5 Å². The van der Waals surface area contributed by atoms with Crippen molar-refractivity contribution in [3.63, 3.8) is 0 Å². The number of hydrogen-bond donors (Lipinski definition) is 1. The SMILES string of the molecule is CCCCCCCCCOC(=O)c1c(N)n(CCC2=CCCCC2)c2nc3ccccc3nc12. The summed E-state index contributed by atoms with van der Waals surface area (Å²) in [5.41, 5.74) is 11.1. The third-order valence-corrected chi connectivity index (χ3v) is 6.82. The number of esters is 1. The van der Waals surface area contributed by atoms with Gasteiger partial charge in [-0.15, -0.1) is 0 Å². The van der Waals surface area contributed by atoms with Crippen molar-refractivity contribution in [1.29, 1.82) is 0 Å². The maximum Gasteiger partial charge on any atom is 0.344 e. The standard InChI is InChI=1S/C28H38N4O2/c1-2-3-4-5-6-7-13-20-34-28(33)24-25-27(31-23-17-12-11-16-22(23)30-25)32(26(24)29)19-18-21-14-9-8-10-15-21/h11-12,14,16-17H,2-10,13,15,18-20,29H2,1H3. The van der Waals surface area contributed by atoms with Gasteiger partial charge in [-0.1, -0.05) is 69.2 Å². The van der Waals surface area contributed by atoms with E-state index in [4.69, 9.17) is 20.4 Å². The molecular weight excluding hydrogens is 424 g/mol. The molecule has 1 aliphatic carbocycles. The van der Waals surface area contributed by atoms with Gasteiger partial charge in [0, 0.05) is 6.54 Å². The summed E-state index contributed by atoms with van der Waals surface area (Å²) in [5.74, 6) is 0.0139. The number of aromatic nitrogens is 3. The van der Waals surface area contributed by atoms with E-state index in [0.29, 0.717) is 35.7 Å². The third-order valence-electron chi connectivity index (χ3n) is 6.82. The number of nitrogen functional groups attached to an aromatic ring is 1. The lowest BCUT2D eigenvalue weighted by Gasteiger charge is -2.14. The second-order valence-corrected chi connectivity index (χ2v) is 9.41. The number of benzene rings is 1. The molecule has 182 valence electrons. The molecule has 0 saturated heterocycles. The number of anilines is 1. The van der Waals surface area contributed by atoms with Gasteiger partial charge in [0.05, 0.1) is 17.6 Å². The van der Waals surface area contributed by atoms with Crippen molar-refractivity contribution in [2.24, 2.45) is 0 Å². The lowest BCUT2D eigenvalue weighted by Crippen LogP contribution is -2.11. The minimum atomic E-state index is -0.395. The molecule has 0 amide bonds. The molecule has 0 radical (unpaired) electrons. The molecule has 2 N–H and O–H groups in total. The van der Waals surface area contributed by atoms with E-state index in [1.807, 2.05) is 28.8 Å². The molecule has 0 spiro atoms. The maximum atomic E-state index is 13.1. The van der Waals surface area contributed by atoms with Gasteiger partial charge in [0.15, 0.2) is 5.65 Å². The highest BCUT2D eigenvalue weighted by molar-refractivity contribution is 6.08. The number of fused-ring (bicyclic) bond motifs is 2. The number of nitrogens with zero attached hydrogens (tertiary/aromatic N) is 3. The molecule has 6 heteroatoms. The topological polar surface area (TPSA) is 83.0 Å². The van der Waals surface area contributed by atoms with Gasteiger partial charge in [0.1, 0.15) is 16.9 Å². The predicted molar refractivity (Wildman–Crippen MR) is 139 cm³/mol. The Hall–Kier alpha value is -2.89. The summed E-state index contributed by atoms with van der Waals surface area (Å²) in [6.07, 6.45) is 16.3. The molecule has 0 atom stereocenters. The number of rotatable bonds is 12. The lowest BCUT2D eigenvalue weighted by atomic mass is 9.97. The van der Waals surface area contributed by atoms with Crippen LogP contribution in [0.3, 0.4) is 0 Å². The summed E-state index contributed by atoms with van der Waals surface area (Å²) in [7, 11) is 0. The zero-order valence-corrected chi connectivity index (χ0v) is 20.5. The first-order chi connectivity index (χ1) is 16.7. The summed E-state index contributed by atoms with van der Waals surface area (Å²) in [6, 6.07) is 7.73. The van der Waals surface area contributed by atoms with Crippen molar-refractivity contribution in [3.8, 4) is 0 Å². The van der Waals surface area contributed by atoms with E-state index in [9.17, 15) is 4.79 Å². The van der Waals surface area contributed by atoms with Crippen molar-refractivity contribution in [1.82, 2.24) is 14.5 Å². The maximum absolute atomic E-state index is 13.1. The number of nitrogens with two attached hydrogens (primary N) is 1. The Kier molecular flexibility index (Phi) is 8.56. The van der Waals surface area contributed by atoms with Gasteiger partial charge in [-0.05, 0) is 50.7 Å². The molecule has 2 heterocycles. The van der Waals surface area contributed by atoms with Crippen LogP contribution in [0.4, 0.5) is 5.82 Å². The molecule has 0 bridgehead atoms. The molecular formula is C28H38N4O2. The van der Waals surface area contributed by atoms with Crippen LogP contribution in [0.5, 0.6) is 0 Å². The molecule has 34 heavy (non-hydrogen) atoms. The van der Waals surface area contributed by atoms with Crippen LogP contribution in [0.2, 0.25) is 0 Å². The second kappa shape index (κ2) is 12.0. The van der Waals surface area contributed by atoms with Crippen molar-refractivity contribution in [2.75, 3.05) is 12.3 Å². The fraction of sp³-hybridized carbons (Fsp3) is 0.536. The lowest BCUT2D eigenvalue weighted by molar-refractivity contribution is 0.0501. The van der Waals surface area contributed by atoms with Crippen LogP contribution in [0, 0.1) is 0 Å².